The maximum Gasteiger partial charge on any atom is 0.0431 e. The molecule has 1 heterocycles. The Bertz CT molecular complexity index is 212. The van der Waals surface area contributed by atoms with Gasteiger partial charge < -0.3 is 10.0 Å². The van der Waals surface area contributed by atoms with Gasteiger partial charge in [-0.3, -0.25) is 0 Å². The van der Waals surface area contributed by atoms with Gasteiger partial charge in [0.1, 0.15) is 0 Å². The maximum absolute atomic E-state index is 8.82. The summed E-state index contributed by atoms with van der Waals surface area (Å²) >= 11 is 0. The number of rotatable bonds is 13. The Hall–Kier alpha value is -0.0800. The van der Waals surface area contributed by atoms with Gasteiger partial charge in [-0.05, 0) is 51.2 Å². The van der Waals surface area contributed by atoms with Crippen molar-refractivity contribution in [3.63, 3.8) is 0 Å². The minimum Gasteiger partial charge on any atom is -0.396 e. The number of aliphatic hydroxyl groups is 1. The van der Waals surface area contributed by atoms with Crippen LogP contribution in [-0.2, 0) is 0 Å². The molecule has 0 aromatic carbocycles. The van der Waals surface area contributed by atoms with Crippen LogP contribution in [0.25, 0.3) is 0 Å². The first-order valence-electron chi connectivity index (χ1n) is 9.70. The van der Waals surface area contributed by atoms with Crippen LogP contribution in [0.1, 0.15) is 90.4 Å². The molecule has 0 spiro atoms. The summed E-state index contributed by atoms with van der Waals surface area (Å²) in [7, 11) is 0. The van der Waals surface area contributed by atoms with Crippen LogP contribution in [0.2, 0.25) is 0 Å². The summed E-state index contributed by atoms with van der Waals surface area (Å²) in [6.07, 6.45) is 18.0. The predicted octanol–water partition coefficient (Wildman–Crippen LogP) is 5.00. The fourth-order valence-corrected chi connectivity index (χ4v) is 3.51. The average molecular weight is 298 g/mol. The topological polar surface area (TPSA) is 23.5 Å². The molecule has 0 aliphatic carbocycles. The second-order valence-corrected chi connectivity index (χ2v) is 6.98. The van der Waals surface area contributed by atoms with Gasteiger partial charge in [-0.25, -0.2) is 0 Å². The quantitative estimate of drug-likeness (QED) is 0.483. The molecular weight excluding hydrogens is 258 g/mol. The number of likely N-dealkylation sites (tertiary alicyclic amines) is 1. The third kappa shape index (κ3) is 10.3. The van der Waals surface area contributed by atoms with Crippen molar-refractivity contribution in [1.82, 2.24) is 4.90 Å². The molecule has 2 heteroatoms. The lowest BCUT2D eigenvalue weighted by Gasteiger charge is -2.32. The molecular formula is C19H39NO. The van der Waals surface area contributed by atoms with Crippen LogP contribution in [0, 0.1) is 5.92 Å². The molecule has 0 aromatic rings. The number of aliphatic hydroxyl groups excluding tert-OH is 1. The lowest BCUT2D eigenvalue weighted by atomic mass is 9.91. The zero-order chi connectivity index (χ0) is 15.2. The molecule has 0 bridgehead atoms. The van der Waals surface area contributed by atoms with Gasteiger partial charge >= 0.3 is 0 Å². The van der Waals surface area contributed by atoms with Crippen molar-refractivity contribution in [1.29, 1.82) is 0 Å². The van der Waals surface area contributed by atoms with E-state index in [1.807, 2.05) is 0 Å². The number of nitrogens with zero attached hydrogens (tertiary/aromatic N) is 1. The Morgan fingerprint density at radius 3 is 2.05 bits per heavy atom. The normalized spacial score (nSPS) is 17.4. The van der Waals surface area contributed by atoms with Crippen LogP contribution in [0.5, 0.6) is 0 Å². The zero-order valence-electron chi connectivity index (χ0n) is 14.5. The van der Waals surface area contributed by atoms with Crippen LogP contribution >= 0.6 is 0 Å². The molecule has 1 rings (SSSR count). The third-order valence-corrected chi connectivity index (χ3v) is 5.06. The molecule has 0 atom stereocenters. The Kier molecular flexibility index (Phi) is 12.3. The first-order chi connectivity index (χ1) is 10.4. The average Bonchev–Trinajstić information content (AvgIpc) is 2.52. The van der Waals surface area contributed by atoms with E-state index in [0.717, 1.165) is 12.3 Å². The van der Waals surface area contributed by atoms with E-state index in [4.69, 9.17) is 5.11 Å². The number of piperidine rings is 1. The van der Waals surface area contributed by atoms with Crippen LogP contribution in [0.3, 0.4) is 0 Å². The summed E-state index contributed by atoms with van der Waals surface area (Å²) in [6, 6.07) is 0. The van der Waals surface area contributed by atoms with Gasteiger partial charge in [-0.2, -0.15) is 0 Å². The Balaban J connectivity index is 1.87. The summed E-state index contributed by atoms with van der Waals surface area (Å²) < 4.78 is 0. The van der Waals surface area contributed by atoms with Gasteiger partial charge in [0.25, 0.3) is 0 Å². The van der Waals surface area contributed by atoms with Crippen molar-refractivity contribution in [2.75, 3.05) is 26.2 Å². The summed E-state index contributed by atoms with van der Waals surface area (Å²) in [6.45, 7) is 6.44. The lowest BCUT2D eigenvalue weighted by molar-refractivity contribution is 0.169. The highest BCUT2D eigenvalue weighted by Crippen LogP contribution is 2.23. The van der Waals surface area contributed by atoms with Gasteiger partial charge in [0.2, 0.25) is 0 Å². The first kappa shape index (κ1) is 19.0. The molecule has 21 heavy (non-hydrogen) atoms. The van der Waals surface area contributed by atoms with E-state index >= 15 is 0 Å². The highest BCUT2D eigenvalue weighted by atomic mass is 16.2. The minimum absolute atomic E-state index is 0.356. The smallest absolute Gasteiger partial charge is 0.0431 e. The number of unbranched alkanes of at least 4 members (excludes halogenated alkanes) is 8. The van der Waals surface area contributed by atoms with Gasteiger partial charge in [0, 0.05) is 6.61 Å². The summed E-state index contributed by atoms with van der Waals surface area (Å²) in [5.41, 5.74) is 0. The predicted molar refractivity (Wildman–Crippen MR) is 92.7 cm³/mol. The minimum atomic E-state index is 0.356. The zero-order valence-corrected chi connectivity index (χ0v) is 14.5. The number of hydrogen-bond donors (Lipinski definition) is 1. The Morgan fingerprint density at radius 1 is 0.810 bits per heavy atom. The SMILES string of the molecule is CCCCCCCCCCC1CCN(CCCCO)CC1. The molecule has 0 unspecified atom stereocenters. The van der Waals surface area contributed by atoms with E-state index in [1.54, 1.807) is 0 Å². The van der Waals surface area contributed by atoms with Crippen molar-refractivity contribution in [2.24, 2.45) is 5.92 Å². The van der Waals surface area contributed by atoms with Crippen LogP contribution in [-0.4, -0.2) is 36.2 Å². The first-order valence-corrected chi connectivity index (χ1v) is 9.70. The molecule has 126 valence electrons. The van der Waals surface area contributed by atoms with Gasteiger partial charge in [0.05, 0.1) is 0 Å². The fourth-order valence-electron chi connectivity index (χ4n) is 3.51. The standard InChI is InChI=1S/C19H39NO/c1-2-3-4-5-6-7-8-9-12-19-13-16-20(17-14-19)15-10-11-18-21/h19,21H,2-18H2,1H3. The fraction of sp³-hybridized carbons (Fsp3) is 1.00. The highest BCUT2D eigenvalue weighted by Gasteiger charge is 2.18. The molecule has 1 saturated heterocycles. The van der Waals surface area contributed by atoms with E-state index in [1.165, 1.54) is 96.7 Å². The molecule has 1 aliphatic rings. The summed E-state index contributed by atoms with van der Waals surface area (Å²) in [5, 5.41) is 8.82. The molecule has 0 saturated carbocycles. The molecule has 1 fully saturated rings. The van der Waals surface area contributed by atoms with Crippen LogP contribution in [0.15, 0.2) is 0 Å². The molecule has 2 nitrogen and oxygen atoms in total. The van der Waals surface area contributed by atoms with Crippen LogP contribution in [0.4, 0.5) is 0 Å². The van der Waals surface area contributed by atoms with Crippen molar-refractivity contribution in [3.8, 4) is 0 Å². The van der Waals surface area contributed by atoms with Crippen molar-refractivity contribution >= 4 is 0 Å². The van der Waals surface area contributed by atoms with E-state index in [9.17, 15) is 0 Å². The Morgan fingerprint density at radius 2 is 1.43 bits per heavy atom. The summed E-state index contributed by atoms with van der Waals surface area (Å²) in [4.78, 5) is 2.60. The monoisotopic (exact) mass is 297 g/mol. The van der Waals surface area contributed by atoms with Gasteiger partial charge in [-0.15, -0.1) is 0 Å². The maximum atomic E-state index is 8.82. The van der Waals surface area contributed by atoms with Crippen molar-refractivity contribution in [2.45, 2.75) is 90.4 Å². The van der Waals surface area contributed by atoms with E-state index < -0.39 is 0 Å². The van der Waals surface area contributed by atoms with E-state index in [2.05, 4.69) is 11.8 Å². The van der Waals surface area contributed by atoms with E-state index in [0.29, 0.717) is 6.61 Å². The molecule has 1 aliphatic heterocycles. The Labute approximate surface area is 133 Å². The highest BCUT2D eigenvalue weighted by molar-refractivity contribution is 4.72. The lowest BCUT2D eigenvalue weighted by Crippen LogP contribution is -2.34. The van der Waals surface area contributed by atoms with Gasteiger partial charge in [-0.1, -0.05) is 64.7 Å². The molecule has 1 N–H and O–H groups in total. The molecule has 0 amide bonds. The molecule has 0 radical (unpaired) electrons. The van der Waals surface area contributed by atoms with E-state index in [-0.39, 0.29) is 0 Å². The molecule has 0 aromatic heterocycles. The van der Waals surface area contributed by atoms with Gasteiger partial charge in [0.15, 0.2) is 0 Å². The third-order valence-electron chi connectivity index (χ3n) is 5.06. The van der Waals surface area contributed by atoms with Crippen molar-refractivity contribution < 1.29 is 5.11 Å². The largest absolute Gasteiger partial charge is 0.396 e. The second-order valence-electron chi connectivity index (χ2n) is 6.98. The summed E-state index contributed by atoms with van der Waals surface area (Å²) in [5.74, 6) is 0.999. The second kappa shape index (κ2) is 13.6. The van der Waals surface area contributed by atoms with Crippen molar-refractivity contribution in [3.05, 3.63) is 0 Å². The van der Waals surface area contributed by atoms with Crippen LogP contribution < -0.4 is 0 Å². The number of hydrogen-bond acceptors (Lipinski definition) is 2.